The molecule has 0 amide bonds. The van der Waals surface area contributed by atoms with Gasteiger partial charge in [-0.25, -0.2) is 9.48 Å². The van der Waals surface area contributed by atoms with Gasteiger partial charge in [0, 0.05) is 25.2 Å². The number of carboxylic acids is 1. The molecule has 0 atom stereocenters. The summed E-state index contributed by atoms with van der Waals surface area (Å²) in [5, 5.41) is 14.0. The minimum atomic E-state index is -1.08. The summed E-state index contributed by atoms with van der Waals surface area (Å²) in [6, 6.07) is 25.7. The van der Waals surface area contributed by atoms with E-state index in [1.54, 1.807) is 0 Å². The summed E-state index contributed by atoms with van der Waals surface area (Å²) in [5.41, 5.74) is 3.79. The molecule has 1 aromatic heterocycles. The molecule has 190 valence electrons. The van der Waals surface area contributed by atoms with E-state index in [-0.39, 0.29) is 11.4 Å². The van der Waals surface area contributed by atoms with E-state index in [9.17, 15) is 9.90 Å². The molecule has 37 heavy (non-hydrogen) atoms. The first kappa shape index (κ1) is 24.5. The minimum Gasteiger partial charge on any atom is -0.488 e. The van der Waals surface area contributed by atoms with Crippen molar-refractivity contribution in [2.75, 3.05) is 39.5 Å². The van der Waals surface area contributed by atoms with Gasteiger partial charge in [-0.15, -0.1) is 0 Å². The van der Waals surface area contributed by atoms with Crippen LogP contribution in [0.2, 0.25) is 0 Å². The highest BCUT2D eigenvalue weighted by Crippen LogP contribution is 2.32. The molecule has 0 radical (unpaired) electrons. The Bertz CT molecular complexity index is 1320. The first-order valence-corrected chi connectivity index (χ1v) is 12.3. The largest absolute Gasteiger partial charge is 0.488 e. The van der Waals surface area contributed by atoms with Gasteiger partial charge in [0.2, 0.25) is 5.88 Å². The van der Waals surface area contributed by atoms with Crippen molar-refractivity contribution in [3.63, 3.8) is 0 Å². The molecule has 0 saturated carbocycles. The molecule has 0 bridgehead atoms. The average molecular weight is 500 g/mol. The van der Waals surface area contributed by atoms with Crippen LogP contribution in [0.15, 0.2) is 85.1 Å². The van der Waals surface area contributed by atoms with E-state index in [4.69, 9.17) is 14.2 Å². The summed E-state index contributed by atoms with van der Waals surface area (Å²) in [6.07, 6.45) is 1.33. The molecule has 1 saturated heterocycles. The fourth-order valence-electron chi connectivity index (χ4n) is 4.25. The molecular formula is C29H29N3O5. The van der Waals surface area contributed by atoms with E-state index in [0.717, 1.165) is 35.5 Å². The molecular weight excluding hydrogens is 470 g/mol. The van der Waals surface area contributed by atoms with E-state index in [1.807, 2.05) is 78.9 Å². The number of ether oxygens (including phenoxy) is 3. The number of aromatic nitrogens is 2. The minimum absolute atomic E-state index is 0.0331. The van der Waals surface area contributed by atoms with E-state index < -0.39 is 5.97 Å². The van der Waals surface area contributed by atoms with Gasteiger partial charge in [0.1, 0.15) is 24.5 Å². The van der Waals surface area contributed by atoms with Crippen molar-refractivity contribution in [2.45, 2.75) is 6.61 Å². The van der Waals surface area contributed by atoms with E-state index in [1.165, 1.54) is 10.9 Å². The monoisotopic (exact) mass is 499 g/mol. The summed E-state index contributed by atoms with van der Waals surface area (Å²) >= 11 is 0. The molecule has 0 aliphatic carbocycles. The molecule has 5 rings (SSSR count). The lowest BCUT2D eigenvalue weighted by Crippen LogP contribution is -2.38. The number of rotatable bonds is 10. The van der Waals surface area contributed by atoms with Gasteiger partial charge in [-0.1, -0.05) is 60.7 Å². The van der Waals surface area contributed by atoms with E-state index in [2.05, 4.69) is 10.00 Å². The zero-order valence-electron chi connectivity index (χ0n) is 20.5. The summed E-state index contributed by atoms with van der Waals surface area (Å²) in [4.78, 5) is 14.0. The fraction of sp³-hybridized carbons (Fsp3) is 0.241. The van der Waals surface area contributed by atoms with Crippen molar-refractivity contribution in [1.82, 2.24) is 14.7 Å². The lowest BCUT2D eigenvalue weighted by atomic mass is 10.0. The summed E-state index contributed by atoms with van der Waals surface area (Å²) < 4.78 is 19.0. The molecule has 2 heterocycles. The molecule has 0 spiro atoms. The van der Waals surface area contributed by atoms with Crippen LogP contribution in [0.5, 0.6) is 11.6 Å². The number of aromatic carboxylic acids is 1. The van der Waals surface area contributed by atoms with Crippen LogP contribution >= 0.6 is 0 Å². The molecule has 1 aliphatic heterocycles. The lowest BCUT2D eigenvalue weighted by molar-refractivity contribution is 0.0317. The van der Waals surface area contributed by atoms with Crippen LogP contribution in [0.25, 0.3) is 16.8 Å². The highest BCUT2D eigenvalue weighted by molar-refractivity contribution is 5.90. The number of para-hydroxylation sites is 1. The third-order valence-electron chi connectivity index (χ3n) is 6.25. The van der Waals surface area contributed by atoms with Crippen LogP contribution in [0.1, 0.15) is 15.9 Å². The second kappa shape index (κ2) is 11.7. The van der Waals surface area contributed by atoms with Crippen LogP contribution in [0.4, 0.5) is 0 Å². The second-order valence-electron chi connectivity index (χ2n) is 8.70. The van der Waals surface area contributed by atoms with Crippen molar-refractivity contribution in [3.8, 4) is 28.4 Å². The van der Waals surface area contributed by atoms with Crippen LogP contribution in [0.3, 0.4) is 0 Å². The van der Waals surface area contributed by atoms with Gasteiger partial charge in [-0.05, 0) is 29.3 Å². The third-order valence-corrected chi connectivity index (χ3v) is 6.25. The average Bonchev–Trinajstić information content (AvgIpc) is 3.37. The Morgan fingerprint density at radius 2 is 1.65 bits per heavy atom. The second-order valence-corrected chi connectivity index (χ2v) is 8.70. The van der Waals surface area contributed by atoms with Gasteiger partial charge in [0.05, 0.1) is 25.1 Å². The van der Waals surface area contributed by atoms with E-state index in [0.29, 0.717) is 38.7 Å². The molecule has 3 aromatic carbocycles. The Morgan fingerprint density at radius 3 is 2.41 bits per heavy atom. The highest BCUT2D eigenvalue weighted by Gasteiger charge is 2.20. The number of hydrogen-bond donors (Lipinski definition) is 1. The quantitative estimate of drug-likeness (QED) is 0.343. The van der Waals surface area contributed by atoms with Crippen LogP contribution < -0.4 is 9.47 Å². The SMILES string of the molecule is O=C(O)c1cnn(-c2ccc(-c3ccccc3OCc3ccccc3)cc2)c1OCCN1CCOCC1. The zero-order chi connectivity index (χ0) is 25.5. The maximum atomic E-state index is 11.8. The van der Waals surface area contributed by atoms with Crippen molar-refractivity contribution >= 4 is 5.97 Å². The Kier molecular flexibility index (Phi) is 7.78. The molecule has 1 fully saturated rings. The van der Waals surface area contributed by atoms with E-state index >= 15 is 0 Å². The Balaban J connectivity index is 1.33. The van der Waals surface area contributed by atoms with Crippen molar-refractivity contribution in [1.29, 1.82) is 0 Å². The van der Waals surface area contributed by atoms with Crippen LogP contribution in [-0.2, 0) is 11.3 Å². The van der Waals surface area contributed by atoms with Crippen molar-refractivity contribution in [2.24, 2.45) is 0 Å². The normalized spacial score (nSPS) is 13.8. The van der Waals surface area contributed by atoms with Crippen molar-refractivity contribution in [3.05, 3.63) is 96.2 Å². The summed E-state index contributed by atoms with van der Waals surface area (Å²) in [5.74, 6) is -0.0627. The Labute approximate surface area is 215 Å². The number of nitrogens with zero attached hydrogens (tertiary/aromatic N) is 3. The topological polar surface area (TPSA) is 86.0 Å². The molecule has 0 unspecified atom stereocenters. The predicted octanol–water partition coefficient (Wildman–Crippen LogP) is 4.53. The van der Waals surface area contributed by atoms with Crippen LogP contribution in [-0.4, -0.2) is 65.2 Å². The molecule has 8 heteroatoms. The van der Waals surface area contributed by atoms with Gasteiger partial charge in [0.15, 0.2) is 0 Å². The zero-order valence-corrected chi connectivity index (χ0v) is 20.5. The smallest absolute Gasteiger partial charge is 0.342 e. The van der Waals surface area contributed by atoms with Gasteiger partial charge < -0.3 is 19.3 Å². The van der Waals surface area contributed by atoms with Crippen molar-refractivity contribution < 1.29 is 24.1 Å². The molecule has 1 N–H and O–H groups in total. The number of hydrogen-bond acceptors (Lipinski definition) is 6. The standard InChI is InChI=1S/C29H29N3O5/c33-29(34)26-20-30-32(28(26)36-19-16-31-14-17-35-18-15-31)24-12-10-23(11-13-24)25-8-4-5-9-27(25)37-21-22-6-2-1-3-7-22/h1-13,20H,14-19,21H2,(H,33,34). The lowest BCUT2D eigenvalue weighted by Gasteiger charge is -2.26. The first-order valence-electron chi connectivity index (χ1n) is 12.3. The highest BCUT2D eigenvalue weighted by atomic mass is 16.5. The number of morpholine rings is 1. The Morgan fingerprint density at radius 1 is 0.919 bits per heavy atom. The summed E-state index contributed by atoms with van der Waals surface area (Å²) in [7, 11) is 0. The molecule has 1 aliphatic rings. The maximum Gasteiger partial charge on any atom is 0.342 e. The number of carbonyl (C=O) groups is 1. The predicted molar refractivity (Wildman–Crippen MR) is 139 cm³/mol. The Hall–Kier alpha value is -4.14. The summed E-state index contributed by atoms with van der Waals surface area (Å²) in [6.45, 7) is 4.60. The van der Waals surface area contributed by atoms with Crippen LogP contribution in [0, 0.1) is 0 Å². The first-order chi connectivity index (χ1) is 18.2. The van der Waals surface area contributed by atoms with Gasteiger partial charge in [-0.3, -0.25) is 4.90 Å². The van der Waals surface area contributed by atoms with Gasteiger partial charge in [0.25, 0.3) is 0 Å². The van der Waals surface area contributed by atoms with Gasteiger partial charge in [-0.2, -0.15) is 5.10 Å². The number of benzene rings is 3. The molecule has 8 nitrogen and oxygen atoms in total. The fourth-order valence-corrected chi connectivity index (χ4v) is 4.25. The number of carboxylic acid groups (broad SMARTS) is 1. The maximum absolute atomic E-state index is 11.8. The third kappa shape index (κ3) is 5.99. The van der Waals surface area contributed by atoms with Gasteiger partial charge >= 0.3 is 5.97 Å². The molecule has 4 aromatic rings.